The fraction of sp³-hybridized carbons (Fsp3) is 0.0185. The van der Waals surface area contributed by atoms with Crippen LogP contribution in [-0.4, -0.2) is 9.97 Å². The molecule has 0 saturated heterocycles. The molecule has 0 spiro atoms. The number of hydrogen-bond donors (Lipinski definition) is 0. The monoisotopic (exact) mass is 727 g/mol. The number of nitrogens with zero attached hydrogens (tertiary/aromatic N) is 3. The molecule has 57 heavy (non-hydrogen) atoms. The maximum atomic E-state index is 7.41. The molecule has 268 valence electrons. The van der Waals surface area contributed by atoms with Gasteiger partial charge in [-0.05, 0) is 98.0 Å². The first-order valence-corrected chi connectivity index (χ1v) is 19.1. The molecular formula is C54H37N3. The summed E-state index contributed by atoms with van der Waals surface area (Å²) in [5.74, 6) is 0. The third-order valence-electron chi connectivity index (χ3n) is 10.5. The van der Waals surface area contributed by atoms with E-state index in [9.17, 15) is 0 Å². The fourth-order valence-corrected chi connectivity index (χ4v) is 7.66. The van der Waals surface area contributed by atoms with E-state index in [0.717, 1.165) is 78.1 Å². The quantitative estimate of drug-likeness (QED) is 0.146. The van der Waals surface area contributed by atoms with Crippen molar-refractivity contribution in [3.05, 3.63) is 223 Å². The van der Waals surface area contributed by atoms with E-state index in [0.29, 0.717) is 5.69 Å². The van der Waals surface area contributed by atoms with E-state index in [1.165, 1.54) is 16.7 Å². The van der Waals surface area contributed by atoms with Gasteiger partial charge >= 0.3 is 0 Å². The second kappa shape index (κ2) is 15.6. The zero-order valence-corrected chi connectivity index (χ0v) is 31.5. The van der Waals surface area contributed by atoms with Crippen molar-refractivity contribution in [2.24, 2.45) is 0 Å². The van der Waals surface area contributed by atoms with Crippen LogP contribution in [0.25, 0.3) is 94.1 Å². The maximum Gasteiger partial charge on any atom is 0.187 e. The van der Waals surface area contributed by atoms with E-state index in [1.54, 1.807) is 0 Å². The molecule has 0 bridgehead atoms. The Kier molecular flexibility index (Phi) is 9.59. The topological polar surface area (TPSA) is 30.1 Å². The van der Waals surface area contributed by atoms with Crippen molar-refractivity contribution in [2.75, 3.05) is 0 Å². The largest absolute Gasteiger partial charge is 0.256 e. The summed E-state index contributed by atoms with van der Waals surface area (Å²) in [7, 11) is 0. The van der Waals surface area contributed by atoms with Gasteiger partial charge in [-0.3, -0.25) is 9.97 Å². The van der Waals surface area contributed by atoms with Gasteiger partial charge in [-0.2, -0.15) is 0 Å². The van der Waals surface area contributed by atoms with Crippen molar-refractivity contribution >= 4 is 5.69 Å². The van der Waals surface area contributed by atoms with Crippen molar-refractivity contribution < 1.29 is 0 Å². The van der Waals surface area contributed by atoms with Crippen LogP contribution in [0.5, 0.6) is 0 Å². The molecule has 0 aliphatic rings. The molecule has 0 aliphatic carbocycles. The van der Waals surface area contributed by atoms with Crippen LogP contribution in [0.3, 0.4) is 0 Å². The summed E-state index contributed by atoms with van der Waals surface area (Å²) in [5.41, 5.74) is 19.1. The van der Waals surface area contributed by atoms with E-state index in [-0.39, 0.29) is 0 Å². The van der Waals surface area contributed by atoms with E-state index >= 15 is 0 Å². The Morgan fingerprint density at radius 1 is 0.333 bits per heavy atom. The molecule has 2 aromatic heterocycles. The number of aryl methyl sites for hydroxylation is 1. The van der Waals surface area contributed by atoms with Crippen LogP contribution < -0.4 is 0 Å². The molecular weight excluding hydrogens is 691 g/mol. The smallest absolute Gasteiger partial charge is 0.187 e. The number of benzene rings is 7. The van der Waals surface area contributed by atoms with E-state index < -0.39 is 0 Å². The molecule has 0 fully saturated rings. The molecule has 2 heterocycles. The second-order valence-electron chi connectivity index (χ2n) is 14.2. The van der Waals surface area contributed by atoms with Crippen LogP contribution in [0, 0.1) is 13.5 Å². The lowest BCUT2D eigenvalue weighted by Gasteiger charge is -2.18. The standard InChI is InChI=1S/C54H37N3/c1-37-30-44(48-21-10-9-20-47(48)43-28-29-53(56-35-43)42-18-13-19-46(33-42)55-2)32-45(31-37)49-22-11-12-23-50(49)52-36-57-54(41-16-7-4-8-17-41)34-51(52)40-26-24-39(25-27-40)38-14-5-3-6-15-38/h3-36H,1H3. The molecule has 0 radical (unpaired) electrons. The summed E-state index contributed by atoms with van der Waals surface area (Å²) in [4.78, 5) is 13.5. The van der Waals surface area contributed by atoms with Crippen LogP contribution in [-0.2, 0) is 0 Å². The van der Waals surface area contributed by atoms with Gasteiger partial charge in [-0.15, -0.1) is 0 Å². The molecule has 9 rings (SSSR count). The Balaban J connectivity index is 1.13. The van der Waals surface area contributed by atoms with Crippen LogP contribution in [0.15, 0.2) is 207 Å². The average Bonchev–Trinajstić information content (AvgIpc) is 3.29. The summed E-state index contributed by atoms with van der Waals surface area (Å²) < 4.78 is 0. The minimum absolute atomic E-state index is 0.606. The molecule has 0 saturated carbocycles. The van der Waals surface area contributed by atoms with Crippen LogP contribution in [0.1, 0.15) is 5.56 Å². The Morgan fingerprint density at radius 2 is 0.860 bits per heavy atom. The van der Waals surface area contributed by atoms with Gasteiger partial charge < -0.3 is 0 Å². The Hall–Kier alpha value is -7.67. The molecule has 7 aromatic carbocycles. The second-order valence-corrected chi connectivity index (χ2v) is 14.2. The van der Waals surface area contributed by atoms with Crippen molar-refractivity contribution in [3.8, 4) is 89.3 Å². The molecule has 0 aliphatic heterocycles. The first-order valence-electron chi connectivity index (χ1n) is 19.1. The minimum Gasteiger partial charge on any atom is -0.256 e. The normalized spacial score (nSPS) is 10.9. The van der Waals surface area contributed by atoms with Crippen molar-refractivity contribution in [3.63, 3.8) is 0 Å². The lowest BCUT2D eigenvalue weighted by molar-refractivity contribution is 1.32. The number of aromatic nitrogens is 2. The SMILES string of the molecule is [C-]#[N+]c1cccc(-c2ccc(-c3ccccc3-c3cc(C)cc(-c4ccccc4-c4cnc(-c5ccccc5)cc4-c4ccc(-c5ccccc5)cc4)c3)cn2)c1. The molecule has 0 amide bonds. The first kappa shape index (κ1) is 35.1. The number of rotatable bonds is 8. The molecule has 0 atom stereocenters. The third-order valence-corrected chi connectivity index (χ3v) is 10.5. The van der Waals surface area contributed by atoms with Crippen molar-refractivity contribution in [1.82, 2.24) is 9.97 Å². The predicted octanol–water partition coefficient (Wildman–Crippen LogP) is 14.7. The number of hydrogen-bond acceptors (Lipinski definition) is 2. The van der Waals surface area contributed by atoms with E-state index in [4.69, 9.17) is 16.5 Å². The van der Waals surface area contributed by atoms with Gasteiger partial charge in [-0.25, -0.2) is 4.85 Å². The molecule has 9 aromatic rings. The summed E-state index contributed by atoms with van der Waals surface area (Å²) >= 11 is 0. The van der Waals surface area contributed by atoms with E-state index in [2.05, 4.69) is 169 Å². The van der Waals surface area contributed by atoms with Crippen molar-refractivity contribution in [1.29, 1.82) is 0 Å². The Labute approximate surface area is 334 Å². The zero-order valence-electron chi connectivity index (χ0n) is 31.5. The Morgan fingerprint density at radius 3 is 1.51 bits per heavy atom. The highest BCUT2D eigenvalue weighted by Gasteiger charge is 2.17. The minimum atomic E-state index is 0.606. The molecule has 0 unspecified atom stereocenters. The van der Waals surface area contributed by atoms with Gasteiger partial charge in [0.2, 0.25) is 0 Å². The van der Waals surface area contributed by atoms with Gasteiger partial charge in [0, 0.05) is 29.1 Å². The van der Waals surface area contributed by atoms with Crippen LogP contribution >= 0.6 is 0 Å². The van der Waals surface area contributed by atoms with Crippen LogP contribution in [0.4, 0.5) is 5.69 Å². The van der Waals surface area contributed by atoms with Gasteiger partial charge in [-0.1, -0.05) is 170 Å². The summed E-state index contributed by atoms with van der Waals surface area (Å²) in [5, 5.41) is 0. The van der Waals surface area contributed by atoms with Crippen LogP contribution in [0.2, 0.25) is 0 Å². The molecule has 0 N–H and O–H groups in total. The Bertz CT molecular complexity index is 2890. The van der Waals surface area contributed by atoms with E-state index in [1.807, 2.05) is 48.8 Å². The summed E-state index contributed by atoms with van der Waals surface area (Å²) in [6.45, 7) is 9.58. The van der Waals surface area contributed by atoms with Gasteiger partial charge in [0.1, 0.15) is 0 Å². The summed E-state index contributed by atoms with van der Waals surface area (Å²) in [6.07, 6.45) is 3.98. The number of pyridine rings is 2. The third kappa shape index (κ3) is 7.29. The first-order chi connectivity index (χ1) is 28.1. The molecule has 3 nitrogen and oxygen atoms in total. The van der Waals surface area contributed by atoms with Gasteiger partial charge in [0.15, 0.2) is 5.69 Å². The highest BCUT2D eigenvalue weighted by atomic mass is 14.7. The lowest BCUT2D eigenvalue weighted by atomic mass is 9.87. The fourth-order valence-electron chi connectivity index (χ4n) is 7.66. The summed E-state index contributed by atoms with van der Waals surface area (Å²) in [6, 6.07) is 67.8. The lowest BCUT2D eigenvalue weighted by Crippen LogP contribution is -1.94. The average molecular weight is 728 g/mol. The van der Waals surface area contributed by atoms with Gasteiger partial charge in [0.05, 0.1) is 18.0 Å². The predicted molar refractivity (Wildman–Crippen MR) is 237 cm³/mol. The highest BCUT2D eigenvalue weighted by Crippen LogP contribution is 2.42. The maximum absolute atomic E-state index is 7.41. The highest BCUT2D eigenvalue weighted by molar-refractivity contribution is 5.94. The van der Waals surface area contributed by atoms with Gasteiger partial charge in [0.25, 0.3) is 0 Å². The zero-order chi connectivity index (χ0) is 38.6. The molecule has 3 heteroatoms. The van der Waals surface area contributed by atoms with Crippen molar-refractivity contribution in [2.45, 2.75) is 6.92 Å².